The Morgan fingerprint density at radius 3 is 2.07 bits per heavy atom. The molecule has 0 radical (unpaired) electrons. The lowest BCUT2D eigenvalue weighted by atomic mass is 9.96. The summed E-state index contributed by atoms with van der Waals surface area (Å²) in [6.45, 7) is 7.85. The number of fused-ring (bicyclic) bond motifs is 1. The Morgan fingerprint density at radius 2 is 1.47 bits per heavy atom. The van der Waals surface area contributed by atoms with Gasteiger partial charge in [0.05, 0.1) is 56.9 Å². The Balaban J connectivity index is 1.91. The molecule has 1 unspecified atom stereocenters. The summed E-state index contributed by atoms with van der Waals surface area (Å²) in [6, 6.07) is 9.74. The molecule has 19 heteroatoms. The van der Waals surface area contributed by atoms with Crippen LogP contribution in [0.1, 0.15) is 57.2 Å². The number of para-hydroxylation sites is 1. The highest BCUT2D eigenvalue weighted by atomic mass is 19.4. The van der Waals surface area contributed by atoms with Crippen molar-refractivity contribution in [3.8, 4) is 0 Å². The molecule has 0 aliphatic rings. The molecular weight excluding hydrogens is 747 g/mol. The average Bonchev–Trinajstić information content (AvgIpc) is 3.13. The number of nitrogens with one attached hydrogen (secondary N) is 3. The van der Waals surface area contributed by atoms with Gasteiger partial charge in [0, 0.05) is 27.8 Å². The minimum Gasteiger partial charge on any atom is -0.444 e. The van der Waals surface area contributed by atoms with Crippen molar-refractivity contribution in [3.63, 3.8) is 0 Å². The van der Waals surface area contributed by atoms with E-state index in [9.17, 15) is 32.3 Å². The summed E-state index contributed by atoms with van der Waals surface area (Å²) in [6.07, 6.45) is -3.85. The summed E-state index contributed by atoms with van der Waals surface area (Å²) < 4.78 is 45.6. The normalized spacial score (nSPS) is 14.1. The molecule has 0 aliphatic carbocycles. The van der Waals surface area contributed by atoms with Crippen LogP contribution in [-0.2, 0) is 38.1 Å². The van der Waals surface area contributed by atoms with Crippen LogP contribution in [0.25, 0.3) is 31.8 Å². The number of aromatic nitrogens is 1. The third-order valence-electron chi connectivity index (χ3n) is 9.01. The van der Waals surface area contributed by atoms with Crippen LogP contribution < -0.4 is 16.0 Å². The highest BCUT2D eigenvalue weighted by molar-refractivity contribution is 5.95. The molecule has 0 saturated carbocycles. The number of ether oxygens (including phenoxy) is 1. The summed E-state index contributed by atoms with van der Waals surface area (Å²) in [7, 11) is 1.86. The van der Waals surface area contributed by atoms with E-state index in [-0.39, 0.29) is 32.4 Å². The summed E-state index contributed by atoms with van der Waals surface area (Å²) in [5.41, 5.74) is 17.5. The van der Waals surface area contributed by atoms with Gasteiger partial charge in [-0.1, -0.05) is 40.6 Å². The second-order valence-corrected chi connectivity index (χ2v) is 14.9. The maximum absolute atomic E-state index is 14.1. The summed E-state index contributed by atoms with van der Waals surface area (Å²) >= 11 is 0. The maximum atomic E-state index is 14.1. The van der Waals surface area contributed by atoms with Gasteiger partial charge >= 0.3 is 12.3 Å². The van der Waals surface area contributed by atoms with Gasteiger partial charge in [-0.2, -0.15) is 13.2 Å². The Bertz CT molecular complexity index is 1940. The van der Waals surface area contributed by atoms with E-state index < -0.39 is 59.2 Å². The Hall–Kier alpha value is -5.90. The molecule has 0 saturated heterocycles. The fourth-order valence-corrected chi connectivity index (χ4v) is 5.91. The van der Waals surface area contributed by atoms with Crippen molar-refractivity contribution in [2.45, 2.75) is 83.3 Å². The first-order valence-electron chi connectivity index (χ1n) is 18.3. The lowest BCUT2D eigenvalue weighted by molar-refractivity contribution is -0.907. The van der Waals surface area contributed by atoms with Gasteiger partial charge in [-0.05, 0) is 93.4 Å². The van der Waals surface area contributed by atoms with Crippen LogP contribution in [0.15, 0.2) is 71.0 Å². The highest BCUT2D eigenvalue weighted by Gasteiger charge is 2.32. The smallest absolute Gasteiger partial charge is 0.416 e. The molecule has 16 nitrogen and oxygen atoms in total. The van der Waals surface area contributed by atoms with Crippen molar-refractivity contribution in [1.82, 2.24) is 20.9 Å². The van der Waals surface area contributed by atoms with Gasteiger partial charge in [0.2, 0.25) is 11.8 Å². The van der Waals surface area contributed by atoms with Gasteiger partial charge in [0.15, 0.2) is 5.78 Å². The molecule has 2 aromatic carbocycles. The maximum Gasteiger partial charge on any atom is 0.416 e. The molecular formula is C38H49F3N11O5+. The van der Waals surface area contributed by atoms with Crippen molar-refractivity contribution in [2.75, 3.05) is 39.8 Å². The summed E-state index contributed by atoms with van der Waals surface area (Å²) in [5, 5.41) is 15.9. The number of amides is 3. The lowest BCUT2D eigenvalue weighted by Crippen LogP contribution is -2.56. The number of likely N-dealkylation sites (N-methyl/N-ethyl adjacent to an activating group) is 1. The molecule has 0 aliphatic heterocycles. The number of benzene rings is 2. The predicted octanol–water partition coefficient (Wildman–Crippen LogP) is 6.34. The van der Waals surface area contributed by atoms with E-state index in [2.05, 4.69) is 41.0 Å². The molecule has 57 heavy (non-hydrogen) atoms. The van der Waals surface area contributed by atoms with Crippen LogP contribution >= 0.6 is 0 Å². The van der Waals surface area contributed by atoms with E-state index in [1.54, 1.807) is 33.0 Å². The number of hydrogen-bond acceptors (Lipinski definition) is 8. The standard InChI is InChI=1S/C38H48F3N11O5/c1-25(47-36(56)57-37(2,3)4)34(54)48-31(11-8-18-52(5,19-16-45-50-42)20-17-46-51-43)35(55)49-32(22-26-12-14-29(15-13-26)38(39,40)41)33(53)23-27-21-28-9-6-7-10-30(28)44-24-27/h6-7,9-10,12-15,21,24-25,31-32H,8,11,16-20,22-23H2,1-5H3,(H2-,47,48,49,54,55,56)/p+1/t25-,31?,32+/m1/s1. The molecule has 0 fully saturated rings. The fourth-order valence-electron chi connectivity index (χ4n) is 5.91. The first-order chi connectivity index (χ1) is 26.8. The predicted molar refractivity (Wildman–Crippen MR) is 206 cm³/mol. The number of quaternary nitrogens is 1. The molecule has 3 amide bonds. The molecule has 0 bridgehead atoms. The number of nitrogens with zero attached hydrogens (tertiary/aromatic N) is 8. The zero-order chi connectivity index (χ0) is 42.2. The van der Waals surface area contributed by atoms with Gasteiger partial charge in [-0.15, -0.1) is 0 Å². The highest BCUT2D eigenvalue weighted by Crippen LogP contribution is 2.29. The zero-order valence-electron chi connectivity index (χ0n) is 32.6. The number of rotatable bonds is 20. The third kappa shape index (κ3) is 15.6. The van der Waals surface area contributed by atoms with Crippen molar-refractivity contribution in [3.05, 3.63) is 98.4 Å². The minimum absolute atomic E-state index is 0.0450. The van der Waals surface area contributed by atoms with E-state index >= 15 is 0 Å². The number of Topliss-reactive ketones (excluding diaryl/α,β-unsaturated/α-hetero) is 1. The number of carbonyl (C=O) groups is 4. The molecule has 306 valence electrons. The number of pyridine rings is 1. The quantitative estimate of drug-likeness (QED) is 0.0512. The van der Waals surface area contributed by atoms with Gasteiger partial charge in [0.1, 0.15) is 17.7 Å². The van der Waals surface area contributed by atoms with Crippen molar-refractivity contribution >= 4 is 34.6 Å². The van der Waals surface area contributed by atoms with E-state index in [4.69, 9.17) is 15.8 Å². The number of carbonyl (C=O) groups excluding carboxylic acids is 4. The van der Waals surface area contributed by atoms with Crippen LogP contribution in [0.5, 0.6) is 0 Å². The Kier molecular flexibility index (Phi) is 16.6. The molecule has 3 rings (SSSR count). The van der Waals surface area contributed by atoms with Gasteiger partial charge in [-0.25, -0.2) is 4.79 Å². The van der Waals surface area contributed by atoms with E-state index in [1.165, 1.54) is 19.1 Å². The molecule has 1 heterocycles. The number of ketones is 1. The van der Waals surface area contributed by atoms with Crippen LogP contribution in [0.4, 0.5) is 18.0 Å². The Morgan fingerprint density at radius 1 is 0.860 bits per heavy atom. The molecule has 0 spiro atoms. The second-order valence-electron chi connectivity index (χ2n) is 14.9. The van der Waals surface area contributed by atoms with Gasteiger partial charge < -0.3 is 25.2 Å². The van der Waals surface area contributed by atoms with Gasteiger partial charge in [0.25, 0.3) is 0 Å². The van der Waals surface area contributed by atoms with Crippen LogP contribution in [0.2, 0.25) is 0 Å². The first kappa shape index (κ1) is 45.5. The topological polar surface area (TPSA) is 224 Å². The van der Waals surface area contributed by atoms with Crippen LogP contribution in [0, 0.1) is 0 Å². The molecule has 1 aromatic heterocycles. The number of halogens is 3. The van der Waals surface area contributed by atoms with Crippen molar-refractivity contribution in [1.29, 1.82) is 0 Å². The van der Waals surface area contributed by atoms with E-state index in [0.717, 1.165) is 17.5 Å². The lowest BCUT2D eigenvalue weighted by Gasteiger charge is -2.34. The van der Waals surface area contributed by atoms with Crippen molar-refractivity contribution in [2.24, 2.45) is 10.2 Å². The third-order valence-corrected chi connectivity index (χ3v) is 9.01. The molecule has 3 atom stereocenters. The number of alkyl halides is 3. The van der Waals surface area contributed by atoms with E-state index in [1.807, 2.05) is 31.3 Å². The fraction of sp³-hybridized carbons (Fsp3) is 0.500. The summed E-state index contributed by atoms with van der Waals surface area (Å²) in [4.78, 5) is 63.9. The van der Waals surface area contributed by atoms with Crippen molar-refractivity contribution < 1.29 is 41.6 Å². The largest absolute Gasteiger partial charge is 0.444 e. The Labute approximate surface area is 328 Å². The molecule has 3 aromatic rings. The monoisotopic (exact) mass is 796 g/mol. The number of azide groups is 2. The number of alkyl carbamates (subject to hydrolysis) is 1. The summed E-state index contributed by atoms with van der Waals surface area (Å²) in [5.74, 6) is -1.92. The first-order valence-corrected chi connectivity index (χ1v) is 18.3. The average molecular weight is 797 g/mol. The van der Waals surface area contributed by atoms with Crippen LogP contribution in [-0.4, -0.2) is 96.7 Å². The second kappa shape index (κ2) is 20.9. The molecule has 3 N–H and O–H groups in total. The zero-order valence-corrected chi connectivity index (χ0v) is 32.6. The van der Waals surface area contributed by atoms with Crippen LogP contribution in [0.3, 0.4) is 0 Å². The van der Waals surface area contributed by atoms with E-state index in [0.29, 0.717) is 47.2 Å². The SMILES string of the molecule is C[C@@H](NC(=O)OC(C)(C)C)C(=O)NC(CCC[N+](C)(CCN=[N+]=[N-])CCN=[N+]=[N-])C(=O)N[C@@H](Cc1ccc(C(F)(F)F)cc1)C(=O)Cc1cnc2ccccc2c1. The number of hydrogen-bond donors (Lipinski definition) is 3. The minimum atomic E-state index is -4.58. The van der Waals surface area contributed by atoms with Gasteiger partial charge in [-0.3, -0.25) is 19.4 Å².